The molecule has 3 aromatic rings. The number of nitrogens with zero attached hydrogens (tertiary/aromatic N) is 2. The smallest absolute Gasteiger partial charge is 0.231 e. The van der Waals surface area contributed by atoms with Crippen LogP contribution in [0.1, 0.15) is 0 Å². The van der Waals surface area contributed by atoms with Crippen LogP contribution in [-0.2, 0) is 4.79 Å². The van der Waals surface area contributed by atoms with E-state index in [1.807, 2.05) is 41.5 Å². The fourth-order valence-corrected chi connectivity index (χ4v) is 4.24. The highest BCUT2D eigenvalue weighted by atomic mass is 32.2. The number of thiazole rings is 1. The first-order valence-electron chi connectivity index (χ1n) is 7.89. The lowest BCUT2D eigenvalue weighted by atomic mass is 10.00. The van der Waals surface area contributed by atoms with Crippen molar-refractivity contribution in [2.24, 2.45) is 5.92 Å². The number of rotatable bonds is 4. The van der Waals surface area contributed by atoms with Crippen molar-refractivity contribution in [3.63, 3.8) is 0 Å². The van der Waals surface area contributed by atoms with Crippen LogP contribution in [0.4, 0.5) is 15.2 Å². The number of hydrogen-bond donors (Lipinski definition) is 1. The summed E-state index contributed by atoms with van der Waals surface area (Å²) >= 11 is 3.10. The first-order valence-corrected chi connectivity index (χ1v) is 9.93. The second-order valence-corrected chi connectivity index (χ2v) is 7.79. The Hall–Kier alpha value is -2.12. The van der Waals surface area contributed by atoms with Gasteiger partial charge in [0.2, 0.25) is 5.91 Å². The number of halogens is 1. The molecule has 0 atom stereocenters. The number of amides is 1. The average molecular weight is 373 g/mol. The van der Waals surface area contributed by atoms with E-state index in [0.29, 0.717) is 18.6 Å². The van der Waals surface area contributed by atoms with E-state index >= 15 is 0 Å². The number of para-hydroxylation sites is 1. The molecule has 0 spiro atoms. The van der Waals surface area contributed by atoms with Gasteiger partial charge in [-0.25, -0.2) is 9.37 Å². The number of thioether (sulfide) groups is 1. The van der Waals surface area contributed by atoms with Crippen molar-refractivity contribution in [3.8, 4) is 0 Å². The maximum absolute atomic E-state index is 13.8. The second kappa shape index (κ2) is 6.65. The van der Waals surface area contributed by atoms with E-state index in [4.69, 9.17) is 0 Å². The van der Waals surface area contributed by atoms with Crippen molar-refractivity contribution in [3.05, 3.63) is 48.3 Å². The van der Waals surface area contributed by atoms with E-state index in [2.05, 4.69) is 10.3 Å². The predicted octanol–water partition coefficient (Wildman–Crippen LogP) is 4.23. The topological polar surface area (TPSA) is 45.2 Å². The van der Waals surface area contributed by atoms with Gasteiger partial charge in [-0.2, -0.15) is 0 Å². The van der Waals surface area contributed by atoms with Crippen LogP contribution < -0.4 is 10.2 Å². The SMILES string of the molecule is CSc1cccc(NC(=O)C2CN(c3nc4c(F)cccc4s3)C2)c1. The van der Waals surface area contributed by atoms with Crippen LogP contribution in [-0.4, -0.2) is 30.2 Å². The Kier molecular flexibility index (Phi) is 4.35. The van der Waals surface area contributed by atoms with E-state index in [1.54, 1.807) is 17.8 Å². The number of anilines is 2. The lowest BCUT2D eigenvalue weighted by molar-refractivity contribution is -0.120. The van der Waals surface area contributed by atoms with Gasteiger partial charge >= 0.3 is 0 Å². The molecule has 1 amide bonds. The Morgan fingerprint density at radius 1 is 1.32 bits per heavy atom. The predicted molar refractivity (Wildman–Crippen MR) is 102 cm³/mol. The maximum atomic E-state index is 13.8. The van der Waals surface area contributed by atoms with Crippen LogP contribution in [0.2, 0.25) is 0 Å². The molecule has 1 aromatic heterocycles. The second-order valence-electron chi connectivity index (χ2n) is 5.91. The molecule has 2 aromatic carbocycles. The van der Waals surface area contributed by atoms with Crippen molar-refractivity contribution in [1.82, 2.24) is 4.98 Å². The number of carbonyl (C=O) groups is 1. The summed E-state index contributed by atoms with van der Waals surface area (Å²) < 4.78 is 14.6. The van der Waals surface area contributed by atoms with Crippen molar-refractivity contribution in [1.29, 1.82) is 0 Å². The first kappa shape index (κ1) is 16.4. The van der Waals surface area contributed by atoms with Gasteiger partial charge in [0.15, 0.2) is 5.13 Å². The molecular formula is C18H16FN3OS2. The largest absolute Gasteiger partial charge is 0.346 e. The molecular weight excluding hydrogens is 357 g/mol. The minimum atomic E-state index is -0.302. The lowest BCUT2D eigenvalue weighted by Gasteiger charge is -2.37. The highest BCUT2D eigenvalue weighted by molar-refractivity contribution is 7.98. The molecule has 1 fully saturated rings. The van der Waals surface area contributed by atoms with E-state index in [0.717, 1.165) is 20.4 Å². The van der Waals surface area contributed by atoms with Gasteiger partial charge in [0.25, 0.3) is 0 Å². The number of benzene rings is 2. The number of carbonyl (C=O) groups excluding carboxylic acids is 1. The van der Waals surface area contributed by atoms with Gasteiger partial charge in [-0.05, 0) is 36.6 Å². The molecule has 1 aliphatic heterocycles. The average Bonchev–Trinajstić information content (AvgIpc) is 2.98. The molecule has 0 saturated carbocycles. The molecule has 1 saturated heterocycles. The molecule has 1 N–H and O–H groups in total. The number of hydrogen-bond acceptors (Lipinski definition) is 5. The fourth-order valence-electron chi connectivity index (χ4n) is 2.78. The highest BCUT2D eigenvalue weighted by Crippen LogP contribution is 2.34. The molecule has 25 heavy (non-hydrogen) atoms. The third-order valence-corrected chi connectivity index (χ3v) is 6.03. The zero-order valence-electron chi connectivity index (χ0n) is 13.5. The van der Waals surface area contributed by atoms with Crippen LogP contribution in [0.15, 0.2) is 47.4 Å². The number of aromatic nitrogens is 1. The number of nitrogens with one attached hydrogen (secondary N) is 1. The Balaban J connectivity index is 1.40. The minimum Gasteiger partial charge on any atom is -0.346 e. The summed E-state index contributed by atoms with van der Waals surface area (Å²) in [6.07, 6.45) is 2.01. The van der Waals surface area contributed by atoms with Crippen LogP contribution in [0, 0.1) is 11.7 Å². The summed E-state index contributed by atoms with van der Waals surface area (Å²) in [4.78, 5) is 19.9. The van der Waals surface area contributed by atoms with E-state index in [-0.39, 0.29) is 17.6 Å². The van der Waals surface area contributed by atoms with Gasteiger partial charge in [0.1, 0.15) is 11.3 Å². The van der Waals surface area contributed by atoms with E-state index < -0.39 is 0 Å². The Labute approximate surface area is 153 Å². The van der Waals surface area contributed by atoms with Crippen molar-refractivity contribution in [2.75, 3.05) is 29.6 Å². The number of fused-ring (bicyclic) bond motifs is 1. The maximum Gasteiger partial charge on any atom is 0.231 e. The van der Waals surface area contributed by atoms with Gasteiger partial charge < -0.3 is 10.2 Å². The molecule has 1 aliphatic rings. The highest BCUT2D eigenvalue weighted by Gasteiger charge is 2.34. The summed E-state index contributed by atoms with van der Waals surface area (Å²) in [6, 6.07) is 12.8. The van der Waals surface area contributed by atoms with E-state index in [9.17, 15) is 9.18 Å². The quantitative estimate of drug-likeness (QED) is 0.695. The monoisotopic (exact) mass is 373 g/mol. The summed E-state index contributed by atoms with van der Waals surface area (Å²) in [5, 5.41) is 3.74. The summed E-state index contributed by atoms with van der Waals surface area (Å²) in [5.74, 6) is -0.361. The molecule has 0 bridgehead atoms. The summed E-state index contributed by atoms with van der Waals surface area (Å²) in [6.45, 7) is 1.21. The third kappa shape index (κ3) is 3.21. The first-order chi connectivity index (χ1) is 12.1. The molecule has 0 radical (unpaired) electrons. The third-order valence-electron chi connectivity index (χ3n) is 4.22. The van der Waals surface area contributed by atoms with Gasteiger partial charge in [-0.1, -0.05) is 23.5 Å². The lowest BCUT2D eigenvalue weighted by Crippen LogP contribution is -2.52. The van der Waals surface area contributed by atoms with Crippen molar-refractivity contribution < 1.29 is 9.18 Å². The van der Waals surface area contributed by atoms with Gasteiger partial charge in [0, 0.05) is 23.7 Å². The molecule has 4 nitrogen and oxygen atoms in total. The molecule has 0 aliphatic carbocycles. The summed E-state index contributed by atoms with van der Waals surface area (Å²) in [7, 11) is 0. The zero-order chi connectivity index (χ0) is 17.4. The molecule has 7 heteroatoms. The Bertz CT molecular complexity index is 937. The zero-order valence-corrected chi connectivity index (χ0v) is 15.2. The molecule has 4 rings (SSSR count). The Morgan fingerprint density at radius 3 is 2.88 bits per heavy atom. The van der Waals surface area contributed by atoms with Gasteiger partial charge in [-0.15, -0.1) is 11.8 Å². The molecule has 0 unspecified atom stereocenters. The molecule has 128 valence electrons. The van der Waals surface area contributed by atoms with Crippen molar-refractivity contribution in [2.45, 2.75) is 4.90 Å². The van der Waals surface area contributed by atoms with Gasteiger partial charge in [-0.3, -0.25) is 4.79 Å². The van der Waals surface area contributed by atoms with E-state index in [1.165, 1.54) is 17.4 Å². The van der Waals surface area contributed by atoms with Crippen LogP contribution in [0.25, 0.3) is 10.2 Å². The van der Waals surface area contributed by atoms with Gasteiger partial charge in [0.05, 0.1) is 10.6 Å². The standard InChI is InChI=1S/C18H16FN3OS2/c1-24-13-5-2-4-12(8-13)20-17(23)11-9-22(10-11)18-21-16-14(19)6-3-7-15(16)25-18/h2-8,11H,9-10H2,1H3,(H,20,23). The molecule has 2 heterocycles. The fraction of sp³-hybridized carbons (Fsp3) is 0.222. The van der Waals surface area contributed by atoms with Crippen LogP contribution >= 0.6 is 23.1 Å². The minimum absolute atomic E-state index is 0.0156. The summed E-state index contributed by atoms with van der Waals surface area (Å²) in [5.41, 5.74) is 1.22. The van der Waals surface area contributed by atoms with Crippen LogP contribution in [0.3, 0.4) is 0 Å². The van der Waals surface area contributed by atoms with Crippen LogP contribution in [0.5, 0.6) is 0 Å². The van der Waals surface area contributed by atoms with Crippen molar-refractivity contribution >= 4 is 50.0 Å². The Morgan fingerprint density at radius 2 is 2.12 bits per heavy atom. The normalized spacial score (nSPS) is 14.6.